The van der Waals surface area contributed by atoms with Crippen LogP contribution in [0.25, 0.3) is 0 Å². The Morgan fingerprint density at radius 3 is 2.42 bits per heavy atom. The zero-order chi connectivity index (χ0) is 9.56. The van der Waals surface area contributed by atoms with Crippen molar-refractivity contribution in [3.8, 4) is 0 Å². The van der Waals surface area contributed by atoms with Gasteiger partial charge in [0.15, 0.2) is 0 Å². The van der Waals surface area contributed by atoms with Crippen LogP contribution in [0, 0.1) is 0 Å². The van der Waals surface area contributed by atoms with Gasteiger partial charge in [-0.2, -0.15) is 0 Å². The third-order valence-corrected chi connectivity index (χ3v) is 1.59. The van der Waals surface area contributed by atoms with E-state index >= 15 is 0 Å². The predicted octanol–water partition coefficient (Wildman–Crippen LogP) is -0.181. The number of carbonyl (C=O) groups excluding carboxylic acids is 2. The van der Waals surface area contributed by atoms with Crippen molar-refractivity contribution in [2.45, 2.75) is 32.7 Å². The minimum absolute atomic E-state index is 0.00201. The van der Waals surface area contributed by atoms with Crippen LogP contribution in [-0.2, 0) is 9.59 Å². The van der Waals surface area contributed by atoms with Gasteiger partial charge in [0.1, 0.15) is 5.78 Å². The number of ketones is 1. The van der Waals surface area contributed by atoms with Gasteiger partial charge in [-0.1, -0.05) is 0 Å². The number of hydrogen-bond acceptors (Lipinski definition) is 3. The number of nitrogens with two attached hydrogens (primary N) is 1. The molecule has 4 heteroatoms. The van der Waals surface area contributed by atoms with Crippen LogP contribution in [0.4, 0.5) is 0 Å². The summed E-state index contributed by atoms with van der Waals surface area (Å²) in [6.07, 6.45) is 1.38. The first-order valence-corrected chi connectivity index (χ1v) is 4.04. The lowest BCUT2D eigenvalue weighted by atomic mass is 10.1. The Labute approximate surface area is 72.5 Å². The van der Waals surface area contributed by atoms with E-state index in [2.05, 4.69) is 5.32 Å². The number of Topliss-reactive ketones (excluding diaryl/α,β-unsaturated/α-hetero) is 1. The molecule has 0 aliphatic rings. The van der Waals surface area contributed by atoms with Gasteiger partial charge in [0, 0.05) is 13.5 Å². The van der Waals surface area contributed by atoms with Crippen LogP contribution >= 0.6 is 0 Å². The van der Waals surface area contributed by atoms with Gasteiger partial charge >= 0.3 is 0 Å². The largest absolute Gasteiger partial charge is 0.356 e. The molecule has 0 saturated carbocycles. The molecule has 1 atom stereocenters. The highest BCUT2D eigenvalue weighted by atomic mass is 16.1. The summed E-state index contributed by atoms with van der Waals surface area (Å²) in [7, 11) is 0. The molecule has 0 aliphatic carbocycles. The number of hydrogen-bond donors (Lipinski definition) is 2. The minimum Gasteiger partial charge on any atom is -0.356 e. The molecule has 4 nitrogen and oxygen atoms in total. The fourth-order valence-electron chi connectivity index (χ4n) is 0.790. The number of nitrogens with one attached hydrogen (secondary N) is 1. The SMILES string of the molecule is CC(=O)NCCCC(N)C(C)=O. The monoisotopic (exact) mass is 172 g/mol. The Hall–Kier alpha value is -0.900. The van der Waals surface area contributed by atoms with Gasteiger partial charge in [0.2, 0.25) is 5.91 Å². The van der Waals surface area contributed by atoms with Crippen molar-refractivity contribution in [2.75, 3.05) is 6.54 Å². The molecule has 0 radical (unpaired) electrons. The van der Waals surface area contributed by atoms with Crippen LogP contribution in [0.3, 0.4) is 0 Å². The van der Waals surface area contributed by atoms with Gasteiger partial charge in [0.25, 0.3) is 0 Å². The molecule has 0 saturated heterocycles. The van der Waals surface area contributed by atoms with Crippen LogP contribution in [0.1, 0.15) is 26.7 Å². The molecular weight excluding hydrogens is 156 g/mol. The normalized spacial score (nSPS) is 12.2. The van der Waals surface area contributed by atoms with E-state index < -0.39 is 0 Å². The second kappa shape index (κ2) is 5.71. The molecule has 0 aliphatic heterocycles. The molecule has 3 N–H and O–H groups in total. The van der Waals surface area contributed by atoms with E-state index in [0.717, 1.165) is 6.42 Å². The van der Waals surface area contributed by atoms with Crippen molar-refractivity contribution < 1.29 is 9.59 Å². The molecule has 0 bridgehead atoms. The van der Waals surface area contributed by atoms with Gasteiger partial charge in [-0.15, -0.1) is 0 Å². The summed E-state index contributed by atoms with van der Waals surface area (Å²) in [4.78, 5) is 21.1. The Morgan fingerprint density at radius 1 is 1.42 bits per heavy atom. The van der Waals surface area contributed by atoms with Crippen molar-refractivity contribution in [3.63, 3.8) is 0 Å². The third kappa shape index (κ3) is 5.85. The summed E-state index contributed by atoms with van der Waals surface area (Å²) >= 11 is 0. The summed E-state index contributed by atoms with van der Waals surface area (Å²) in [6, 6.07) is -0.376. The molecule has 0 fully saturated rings. The molecule has 0 rings (SSSR count). The van der Waals surface area contributed by atoms with Gasteiger partial charge < -0.3 is 11.1 Å². The van der Waals surface area contributed by atoms with E-state index in [0.29, 0.717) is 13.0 Å². The van der Waals surface area contributed by atoms with E-state index in [1.165, 1.54) is 13.8 Å². The second-order valence-electron chi connectivity index (χ2n) is 2.84. The van der Waals surface area contributed by atoms with Gasteiger partial charge in [0.05, 0.1) is 6.04 Å². The molecule has 0 aromatic heterocycles. The maximum Gasteiger partial charge on any atom is 0.216 e. The van der Waals surface area contributed by atoms with E-state index in [9.17, 15) is 9.59 Å². The first-order valence-electron chi connectivity index (χ1n) is 4.04. The van der Waals surface area contributed by atoms with Gasteiger partial charge in [-0.3, -0.25) is 9.59 Å². The van der Waals surface area contributed by atoms with Crippen LogP contribution in [0.15, 0.2) is 0 Å². The van der Waals surface area contributed by atoms with Crippen LogP contribution in [-0.4, -0.2) is 24.3 Å². The lowest BCUT2D eigenvalue weighted by Gasteiger charge is -2.06. The summed E-state index contributed by atoms with van der Waals surface area (Å²) in [5, 5.41) is 2.63. The maximum atomic E-state index is 10.7. The summed E-state index contributed by atoms with van der Waals surface area (Å²) in [6.45, 7) is 3.53. The lowest BCUT2D eigenvalue weighted by Crippen LogP contribution is -2.30. The Morgan fingerprint density at radius 2 is 2.00 bits per heavy atom. The molecule has 12 heavy (non-hydrogen) atoms. The topological polar surface area (TPSA) is 72.2 Å². The molecule has 0 spiro atoms. The minimum atomic E-state index is -0.376. The fourth-order valence-corrected chi connectivity index (χ4v) is 0.790. The molecule has 1 unspecified atom stereocenters. The fraction of sp³-hybridized carbons (Fsp3) is 0.750. The van der Waals surface area contributed by atoms with Crippen LogP contribution in [0.2, 0.25) is 0 Å². The zero-order valence-electron chi connectivity index (χ0n) is 7.59. The molecule has 0 aromatic rings. The van der Waals surface area contributed by atoms with Gasteiger partial charge in [-0.25, -0.2) is 0 Å². The highest BCUT2D eigenvalue weighted by Crippen LogP contribution is 1.93. The number of amides is 1. The number of rotatable bonds is 5. The highest BCUT2D eigenvalue weighted by Gasteiger charge is 2.06. The summed E-state index contributed by atoms with van der Waals surface area (Å²) < 4.78 is 0. The van der Waals surface area contributed by atoms with E-state index in [-0.39, 0.29) is 17.7 Å². The Balaban J connectivity index is 3.31. The lowest BCUT2D eigenvalue weighted by molar-refractivity contribution is -0.119. The Kier molecular flexibility index (Phi) is 5.28. The maximum absolute atomic E-state index is 10.7. The molecule has 70 valence electrons. The van der Waals surface area contributed by atoms with Gasteiger partial charge in [-0.05, 0) is 19.8 Å². The zero-order valence-corrected chi connectivity index (χ0v) is 7.59. The summed E-state index contributed by atoms with van der Waals surface area (Å²) in [5.41, 5.74) is 5.47. The van der Waals surface area contributed by atoms with Crippen molar-refractivity contribution in [3.05, 3.63) is 0 Å². The average molecular weight is 172 g/mol. The molecule has 0 heterocycles. The van der Waals surface area contributed by atoms with E-state index in [1.54, 1.807) is 0 Å². The first-order chi connectivity index (χ1) is 5.54. The summed E-state index contributed by atoms with van der Waals surface area (Å²) in [5.74, 6) is -0.0516. The smallest absolute Gasteiger partial charge is 0.216 e. The number of carbonyl (C=O) groups is 2. The van der Waals surface area contributed by atoms with Crippen molar-refractivity contribution >= 4 is 11.7 Å². The predicted molar refractivity (Wildman–Crippen MR) is 46.6 cm³/mol. The van der Waals surface area contributed by atoms with E-state index in [4.69, 9.17) is 5.73 Å². The molecular formula is C8H16N2O2. The van der Waals surface area contributed by atoms with Crippen molar-refractivity contribution in [1.29, 1.82) is 0 Å². The average Bonchev–Trinajstić information content (AvgIpc) is 1.97. The highest BCUT2D eigenvalue weighted by molar-refractivity contribution is 5.81. The second-order valence-corrected chi connectivity index (χ2v) is 2.84. The van der Waals surface area contributed by atoms with Crippen molar-refractivity contribution in [2.24, 2.45) is 5.73 Å². The van der Waals surface area contributed by atoms with Crippen LogP contribution < -0.4 is 11.1 Å². The van der Waals surface area contributed by atoms with E-state index in [1.807, 2.05) is 0 Å². The first kappa shape index (κ1) is 11.1. The molecule has 0 aromatic carbocycles. The standard InChI is InChI=1S/C8H16N2O2/c1-6(11)8(9)4-3-5-10-7(2)12/h8H,3-5,9H2,1-2H3,(H,10,12). The van der Waals surface area contributed by atoms with Crippen molar-refractivity contribution in [1.82, 2.24) is 5.32 Å². The Bertz CT molecular complexity index is 168. The molecule has 1 amide bonds. The quantitative estimate of drug-likeness (QED) is 0.565. The third-order valence-electron chi connectivity index (χ3n) is 1.59. The van der Waals surface area contributed by atoms with Crippen LogP contribution in [0.5, 0.6) is 0 Å².